The van der Waals surface area contributed by atoms with E-state index in [1.165, 1.54) is 44.5 Å². The molecule has 0 amide bonds. The third-order valence-corrected chi connectivity index (χ3v) is 9.95. The van der Waals surface area contributed by atoms with Crippen LogP contribution < -0.4 is 0 Å². The smallest absolute Gasteiger partial charge is 0.140 e. The van der Waals surface area contributed by atoms with Crippen molar-refractivity contribution in [2.45, 2.75) is 11.3 Å². The molecule has 0 saturated carbocycles. The molecule has 220 valence electrons. The minimum absolute atomic E-state index is 0.0614. The van der Waals surface area contributed by atoms with Crippen LogP contribution in [0.5, 0.6) is 0 Å². The number of terminal acetylenes is 1. The zero-order valence-corrected chi connectivity index (χ0v) is 25.7. The Morgan fingerprint density at radius 3 is 1.55 bits per heavy atom. The van der Waals surface area contributed by atoms with E-state index < -0.39 is 5.41 Å². The average molecular weight is 599 g/mol. The second kappa shape index (κ2) is 10.8. The van der Waals surface area contributed by atoms with Crippen LogP contribution in [0.15, 0.2) is 174 Å². The Bertz CT molecular complexity index is 2320. The molecule has 0 bridgehead atoms. The van der Waals surface area contributed by atoms with E-state index in [1.807, 2.05) is 12.1 Å². The van der Waals surface area contributed by atoms with Crippen molar-refractivity contribution in [1.82, 2.24) is 0 Å². The van der Waals surface area contributed by atoms with Crippen LogP contribution >= 0.6 is 0 Å². The highest BCUT2D eigenvalue weighted by Gasteiger charge is 2.42. The average Bonchev–Trinajstić information content (AvgIpc) is 3.69. The second-order valence-corrected chi connectivity index (χ2v) is 12.4. The van der Waals surface area contributed by atoms with Gasteiger partial charge < -0.3 is 4.42 Å². The third kappa shape index (κ3) is 4.05. The van der Waals surface area contributed by atoms with Crippen molar-refractivity contribution >= 4 is 21.9 Å². The Balaban J connectivity index is 1.48. The Kier molecular flexibility index (Phi) is 6.24. The molecule has 9 rings (SSSR count). The van der Waals surface area contributed by atoms with E-state index in [4.69, 9.17) is 10.8 Å². The molecule has 0 atom stereocenters. The van der Waals surface area contributed by atoms with Gasteiger partial charge in [-0.1, -0.05) is 145 Å². The Labute approximate surface area is 274 Å². The SMILES string of the molecule is C#Cc1ccc2oc3c(C(c4ccccc4)(c4ccccc4)c4ccccc4)cc(C4c5ccccc5-c5ccccc54)cc3c2c1. The van der Waals surface area contributed by atoms with E-state index in [0.29, 0.717) is 0 Å². The van der Waals surface area contributed by atoms with Crippen LogP contribution in [0.1, 0.15) is 50.4 Å². The molecule has 1 heteroatoms. The van der Waals surface area contributed by atoms with E-state index >= 15 is 0 Å². The first-order valence-corrected chi connectivity index (χ1v) is 16.1. The van der Waals surface area contributed by atoms with Gasteiger partial charge in [-0.05, 0) is 74.8 Å². The summed E-state index contributed by atoms with van der Waals surface area (Å²) in [6, 6.07) is 61.1. The Hall–Kier alpha value is -6.10. The molecule has 1 aliphatic carbocycles. The minimum Gasteiger partial charge on any atom is -0.456 e. The summed E-state index contributed by atoms with van der Waals surface area (Å²) in [4.78, 5) is 0. The number of furan rings is 1. The number of fused-ring (bicyclic) bond motifs is 6. The molecule has 0 fully saturated rings. The summed E-state index contributed by atoms with van der Waals surface area (Å²) in [5, 5.41) is 2.10. The molecule has 1 aliphatic rings. The monoisotopic (exact) mass is 598 g/mol. The highest BCUT2D eigenvalue weighted by atomic mass is 16.3. The van der Waals surface area contributed by atoms with Crippen LogP contribution in [0.25, 0.3) is 33.1 Å². The Morgan fingerprint density at radius 2 is 1.02 bits per heavy atom. The second-order valence-electron chi connectivity index (χ2n) is 12.4. The zero-order valence-electron chi connectivity index (χ0n) is 25.7. The van der Waals surface area contributed by atoms with Gasteiger partial charge in [0.2, 0.25) is 0 Å². The quantitative estimate of drug-likeness (QED) is 0.142. The molecule has 1 nitrogen and oxygen atoms in total. The lowest BCUT2D eigenvalue weighted by atomic mass is 9.64. The minimum atomic E-state index is -0.682. The molecule has 0 N–H and O–H groups in total. The van der Waals surface area contributed by atoms with Crippen LogP contribution in [-0.4, -0.2) is 0 Å². The molecular formula is C46H30O. The lowest BCUT2D eigenvalue weighted by Crippen LogP contribution is -2.31. The largest absolute Gasteiger partial charge is 0.456 e. The maximum atomic E-state index is 6.94. The van der Waals surface area contributed by atoms with Crippen molar-refractivity contribution in [2.75, 3.05) is 0 Å². The van der Waals surface area contributed by atoms with Gasteiger partial charge in [0.05, 0.1) is 5.41 Å². The summed E-state index contributed by atoms with van der Waals surface area (Å²) in [5.74, 6) is 2.91. The van der Waals surface area contributed by atoms with Crippen molar-refractivity contribution < 1.29 is 4.42 Å². The molecule has 1 aromatic heterocycles. The van der Waals surface area contributed by atoms with Crippen molar-refractivity contribution in [2.24, 2.45) is 0 Å². The van der Waals surface area contributed by atoms with Crippen molar-refractivity contribution in [3.63, 3.8) is 0 Å². The van der Waals surface area contributed by atoms with Crippen LogP contribution in [0.4, 0.5) is 0 Å². The normalized spacial score (nSPS) is 12.6. The fourth-order valence-corrected chi connectivity index (χ4v) is 7.98. The van der Waals surface area contributed by atoms with Gasteiger partial charge in [-0.15, -0.1) is 6.42 Å². The van der Waals surface area contributed by atoms with Gasteiger partial charge in [0.25, 0.3) is 0 Å². The topological polar surface area (TPSA) is 13.1 Å². The summed E-state index contributed by atoms with van der Waals surface area (Å²) in [6.07, 6.45) is 5.94. The van der Waals surface area contributed by atoms with E-state index in [0.717, 1.165) is 33.1 Å². The van der Waals surface area contributed by atoms with Gasteiger partial charge in [-0.2, -0.15) is 0 Å². The molecule has 0 aliphatic heterocycles. The summed E-state index contributed by atoms with van der Waals surface area (Å²) in [7, 11) is 0. The molecule has 47 heavy (non-hydrogen) atoms. The van der Waals surface area contributed by atoms with Crippen molar-refractivity contribution in [1.29, 1.82) is 0 Å². The van der Waals surface area contributed by atoms with Crippen LogP contribution in [-0.2, 0) is 5.41 Å². The van der Waals surface area contributed by atoms with E-state index in [9.17, 15) is 0 Å². The molecule has 0 radical (unpaired) electrons. The molecule has 0 saturated heterocycles. The summed E-state index contributed by atoms with van der Waals surface area (Å²) in [6.45, 7) is 0. The highest BCUT2D eigenvalue weighted by molar-refractivity contribution is 6.07. The van der Waals surface area contributed by atoms with Gasteiger partial charge >= 0.3 is 0 Å². The predicted molar refractivity (Wildman–Crippen MR) is 193 cm³/mol. The lowest BCUT2D eigenvalue weighted by molar-refractivity contribution is 0.644. The zero-order chi connectivity index (χ0) is 31.4. The van der Waals surface area contributed by atoms with Crippen molar-refractivity contribution in [3.8, 4) is 23.5 Å². The number of rotatable bonds is 5. The molecular weight excluding hydrogens is 569 g/mol. The molecule has 7 aromatic carbocycles. The van der Waals surface area contributed by atoms with Gasteiger partial charge in [0.15, 0.2) is 0 Å². The van der Waals surface area contributed by atoms with Gasteiger partial charge in [0, 0.05) is 27.8 Å². The van der Waals surface area contributed by atoms with Crippen molar-refractivity contribution in [3.05, 3.63) is 214 Å². The number of hydrogen-bond acceptors (Lipinski definition) is 1. The fourth-order valence-electron chi connectivity index (χ4n) is 7.98. The maximum Gasteiger partial charge on any atom is 0.140 e. The third-order valence-electron chi connectivity index (χ3n) is 9.95. The summed E-state index contributed by atoms with van der Waals surface area (Å²) < 4.78 is 6.94. The van der Waals surface area contributed by atoms with Gasteiger partial charge in [0.1, 0.15) is 11.2 Å². The van der Waals surface area contributed by atoms with Gasteiger partial charge in [-0.3, -0.25) is 0 Å². The van der Waals surface area contributed by atoms with Crippen LogP contribution in [0.3, 0.4) is 0 Å². The maximum absolute atomic E-state index is 6.94. The van der Waals surface area contributed by atoms with E-state index in [1.54, 1.807) is 0 Å². The first-order chi connectivity index (χ1) is 23.3. The number of benzene rings is 7. The lowest BCUT2D eigenvalue weighted by Gasteiger charge is -2.37. The number of hydrogen-bond donors (Lipinski definition) is 0. The standard InChI is InChI=1S/C46H30O/c1-2-31-26-27-43-40(28-31)41-29-32(44-38-24-14-12-22-36(38)37-23-13-15-25-39(37)44)30-42(45(41)47-43)46(33-16-6-3-7-17-33,34-18-8-4-9-19-34)35-20-10-5-11-21-35/h1,3-30,44H. The predicted octanol–water partition coefficient (Wildman–Crippen LogP) is 11.1. The molecule has 0 unspecified atom stereocenters. The van der Waals surface area contributed by atoms with E-state index in [-0.39, 0.29) is 5.92 Å². The molecule has 0 spiro atoms. The molecule has 1 heterocycles. The van der Waals surface area contributed by atoms with Gasteiger partial charge in [-0.25, -0.2) is 0 Å². The first-order valence-electron chi connectivity index (χ1n) is 16.1. The first kappa shape index (κ1) is 27.2. The molecule has 8 aromatic rings. The van der Waals surface area contributed by atoms with E-state index in [2.05, 4.69) is 164 Å². The Morgan fingerprint density at radius 1 is 0.511 bits per heavy atom. The summed E-state index contributed by atoms with van der Waals surface area (Å²) >= 11 is 0. The highest BCUT2D eigenvalue weighted by Crippen LogP contribution is 2.53. The summed E-state index contributed by atoms with van der Waals surface area (Å²) in [5.41, 5.74) is 12.9. The van der Waals surface area contributed by atoms with Crippen LogP contribution in [0.2, 0.25) is 0 Å². The van der Waals surface area contributed by atoms with Crippen LogP contribution in [0, 0.1) is 12.3 Å². The fraction of sp³-hybridized carbons (Fsp3) is 0.0435.